The van der Waals surface area contributed by atoms with E-state index in [0.29, 0.717) is 11.0 Å². The minimum atomic E-state index is -3.80. The molecule has 0 aliphatic carbocycles. The molecular weight excluding hydrogens is 470 g/mol. The van der Waals surface area contributed by atoms with Crippen LogP contribution in [0.2, 0.25) is 0 Å². The van der Waals surface area contributed by atoms with Crippen LogP contribution in [0.1, 0.15) is 16.0 Å². The first kappa shape index (κ1) is 21.8. The molecule has 0 saturated heterocycles. The molecular formula is C30H23NO2S2. The molecule has 6 rings (SSSR count). The molecule has 0 atom stereocenters. The van der Waals surface area contributed by atoms with Gasteiger partial charge in [0.05, 0.1) is 15.9 Å². The van der Waals surface area contributed by atoms with E-state index in [2.05, 4.69) is 35.7 Å². The summed E-state index contributed by atoms with van der Waals surface area (Å²) in [6.45, 7) is 1.96. The van der Waals surface area contributed by atoms with Crippen LogP contribution in [0.25, 0.3) is 32.9 Å². The number of hydrogen-bond donors (Lipinski definition) is 0. The van der Waals surface area contributed by atoms with Gasteiger partial charge >= 0.3 is 0 Å². The Balaban J connectivity index is 1.72. The molecule has 4 aromatic carbocycles. The monoisotopic (exact) mass is 493 g/mol. The molecule has 0 spiro atoms. The summed E-state index contributed by atoms with van der Waals surface area (Å²) >= 11 is 1.72. The Bertz CT molecular complexity index is 1760. The minimum Gasteiger partial charge on any atom is -0.233 e. The van der Waals surface area contributed by atoms with Gasteiger partial charge in [0.1, 0.15) is 0 Å². The fourth-order valence-electron chi connectivity index (χ4n) is 4.83. The van der Waals surface area contributed by atoms with E-state index >= 15 is 0 Å². The lowest BCUT2D eigenvalue weighted by Crippen LogP contribution is -2.12. The van der Waals surface area contributed by atoms with Crippen LogP contribution in [0, 0.1) is 6.92 Å². The lowest BCUT2D eigenvalue weighted by molar-refractivity contribution is 0.590. The van der Waals surface area contributed by atoms with Gasteiger partial charge in [-0.2, -0.15) is 0 Å². The molecule has 172 valence electrons. The van der Waals surface area contributed by atoms with E-state index in [9.17, 15) is 8.42 Å². The van der Waals surface area contributed by atoms with Crippen LogP contribution in [0.5, 0.6) is 0 Å². The van der Waals surface area contributed by atoms with Gasteiger partial charge in [0.25, 0.3) is 10.0 Å². The number of aryl methyl sites for hydroxylation is 1. The smallest absolute Gasteiger partial charge is 0.233 e. The molecule has 0 saturated carbocycles. The highest BCUT2D eigenvalue weighted by atomic mass is 32.2. The molecule has 2 heterocycles. The second-order valence-electron chi connectivity index (χ2n) is 8.71. The summed E-state index contributed by atoms with van der Waals surface area (Å²) in [5.74, 6) is 0. The largest absolute Gasteiger partial charge is 0.268 e. The number of para-hydroxylation sites is 1. The second kappa shape index (κ2) is 8.52. The standard InChI is InChI=1S/C30H23NO2S2/c1-21-13-15-24(16-14-21)35(32,33)31-28-12-6-5-11-26(28)30-27(20-23-10-7-19-34-23)25(17-18-29(30)31)22-8-3-2-4-9-22/h2-19H,20H2,1H3. The lowest BCUT2D eigenvalue weighted by Gasteiger charge is -2.13. The predicted molar refractivity (Wildman–Crippen MR) is 146 cm³/mol. The fraction of sp³-hybridized carbons (Fsp3) is 0.0667. The number of aromatic nitrogens is 1. The third-order valence-corrected chi connectivity index (χ3v) is 9.10. The van der Waals surface area contributed by atoms with E-state index in [1.54, 1.807) is 23.5 Å². The highest BCUT2D eigenvalue weighted by molar-refractivity contribution is 7.90. The molecule has 35 heavy (non-hydrogen) atoms. The third kappa shape index (κ3) is 3.68. The Hall–Kier alpha value is -3.67. The molecule has 0 bridgehead atoms. The summed E-state index contributed by atoms with van der Waals surface area (Å²) < 4.78 is 29.5. The van der Waals surface area contributed by atoms with E-state index < -0.39 is 10.0 Å². The zero-order valence-electron chi connectivity index (χ0n) is 19.2. The van der Waals surface area contributed by atoms with E-state index in [1.165, 1.54) is 8.85 Å². The van der Waals surface area contributed by atoms with Crippen LogP contribution in [0.4, 0.5) is 0 Å². The first-order valence-electron chi connectivity index (χ1n) is 11.5. The summed E-state index contributed by atoms with van der Waals surface area (Å²) in [6, 6.07) is 33.4. The molecule has 0 amide bonds. The Morgan fingerprint density at radius 2 is 1.49 bits per heavy atom. The Labute approximate surface area is 209 Å². The van der Waals surface area contributed by atoms with Crippen LogP contribution in [-0.2, 0) is 16.4 Å². The molecule has 0 fully saturated rings. The molecule has 0 radical (unpaired) electrons. The predicted octanol–water partition coefficient (Wildman–Crippen LogP) is 7.66. The summed E-state index contributed by atoms with van der Waals surface area (Å²) in [5, 5.41) is 4.02. The van der Waals surface area contributed by atoms with E-state index in [1.807, 2.05) is 67.6 Å². The maximum absolute atomic E-state index is 14.0. The second-order valence-corrected chi connectivity index (χ2v) is 11.5. The van der Waals surface area contributed by atoms with E-state index in [-0.39, 0.29) is 4.90 Å². The zero-order chi connectivity index (χ0) is 24.0. The molecule has 0 N–H and O–H groups in total. The van der Waals surface area contributed by atoms with Gasteiger partial charge in [-0.05, 0) is 59.3 Å². The average molecular weight is 494 g/mol. The average Bonchev–Trinajstić information content (AvgIpc) is 3.51. The molecule has 5 heteroatoms. The summed E-state index contributed by atoms with van der Waals surface area (Å²) in [5.41, 5.74) is 5.82. The minimum absolute atomic E-state index is 0.290. The number of thiophene rings is 1. The number of rotatable bonds is 5. The highest BCUT2D eigenvalue weighted by Gasteiger charge is 2.25. The van der Waals surface area contributed by atoms with Crippen molar-refractivity contribution in [2.24, 2.45) is 0 Å². The van der Waals surface area contributed by atoms with Gasteiger partial charge < -0.3 is 0 Å². The third-order valence-electron chi connectivity index (χ3n) is 6.48. The summed E-state index contributed by atoms with van der Waals surface area (Å²) in [6.07, 6.45) is 0.734. The van der Waals surface area contributed by atoms with Crippen LogP contribution in [-0.4, -0.2) is 12.4 Å². The maximum atomic E-state index is 14.0. The van der Waals surface area contributed by atoms with Crippen molar-refractivity contribution < 1.29 is 8.42 Å². The van der Waals surface area contributed by atoms with Crippen LogP contribution in [0.15, 0.2) is 113 Å². The first-order valence-corrected chi connectivity index (χ1v) is 13.8. The van der Waals surface area contributed by atoms with Crippen molar-refractivity contribution in [1.29, 1.82) is 0 Å². The van der Waals surface area contributed by atoms with Gasteiger partial charge in [-0.15, -0.1) is 11.3 Å². The van der Waals surface area contributed by atoms with Gasteiger partial charge in [0, 0.05) is 22.1 Å². The Morgan fingerprint density at radius 1 is 0.743 bits per heavy atom. The van der Waals surface area contributed by atoms with Crippen molar-refractivity contribution in [3.8, 4) is 11.1 Å². The van der Waals surface area contributed by atoms with Gasteiger partial charge in [-0.1, -0.05) is 78.4 Å². The van der Waals surface area contributed by atoms with Gasteiger partial charge in [0.2, 0.25) is 0 Å². The van der Waals surface area contributed by atoms with Crippen LogP contribution < -0.4 is 0 Å². The molecule has 3 nitrogen and oxygen atoms in total. The van der Waals surface area contributed by atoms with Crippen LogP contribution >= 0.6 is 11.3 Å². The number of benzene rings is 4. The fourth-order valence-corrected chi connectivity index (χ4v) is 7.07. The summed E-state index contributed by atoms with van der Waals surface area (Å²) in [7, 11) is -3.80. The Morgan fingerprint density at radius 3 is 2.23 bits per heavy atom. The quantitative estimate of drug-likeness (QED) is 0.247. The van der Waals surface area contributed by atoms with Crippen molar-refractivity contribution in [3.05, 3.63) is 125 Å². The zero-order valence-corrected chi connectivity index (χ0v) is 20.8. The van der Waals surface area contributed by atoms with E-state index in [4.69, 9.17) is 0 Å². The lowest BCUT2D eigenvalue weighted by atomic mass is 9.93. The summed E-state index contributed by atoms with van der Waals surface area (Å²) in [4.78, 5) is 1.53. The topological polar surface area (TPSA) is 39.1 Å². The van der Waals surface area contributed by atoms with Crippen molar-refractivity contribution in [2.75, 3.05) is 0 Å². The van der Waals surface area contributed by atoms with Crippen LogP contribution in [0.3, 0.4) is 0 Å². The van der Waals surface area contributed by atoms with E-state index in [0.717, 1.165) is 39.4 Å². The van der Waals surface area contributed by atoms with Crippen molar-refractivity contribution in [1.82, 2.24) is 3.97 Å². The molecule has 2 aromatic heterocycles. The number of fused-ring (bicyclic) bond motifs is 3. The van der Waals surface area contributed by atoms with Crippen molar-refractivity contribution >= 4 is 43.2 Å². The highest BCUT2D eigenvalue weighted by Crippen LogP contribution is 2.40. The molecule has 0 aliphatic heterocycles. The molecule has 6 aromatic rings. The normalized spacial score (nSPS) is 11.9. The number of hydrogen-bond acceptors (Lipinski definition) is 3. The van der Waals surface area contributed by atoms with Gasteiger partial charge in [-0.25, -0.2) is 12.4 Å². The van der Waals surface area contributed by atoms with Gasteiger partial charge in [0.15, 0.2) is 0 Å². The Kier molecular flexibility index (Phi) is 5.32. The number of nitrogens with zero attached hydrogens (tertiary/aromatic N) is 1. The first-order chi connectivity index (χ1) is 17.0. The SMILES string of the molecule is Cc1ccc(S(=O)(=O)n2c3ccccc3c3c(Cc4cccs4)c(-c4ccccc4)ccc32)cc1. The van der Waals surface area contributed by atoms with Gasteiger partial charge in [-0.3, -0.25) is 0 Å². The molecule has 0 unspecified atom stereocenters. The molecule has 0 aliphatic rings. The van der Waals surface area contributed by atoms with Crippen molar-refractivity contribution in [2.45, 2.75) is 18.2 Å². The maximum Gasteiger partial charge on any atom is 0.268 e. The van der Waals surface area contributed by atoms with Crippen molar-refractivity contribution in [3.63, 3.8) is 0 Å².